The number of carbonyl (C=O) groups excluding carboxylic acids is 1. The molecule has 0 radical (unpaired) electrons. The van der Waals surface area contributed by atoms with Gasteiger partial charge in [-0.3, -0.25) is 14.5 Å². The van der Waals surface area contributed by atoms with Crippen LogP contribution in [0.1, 0.15) is 52.4 Å². The number of hydrogen-bond donors (Lipinski definition) is 2. The number of halogens is 1. The van der Waals surface area contributed by atoms with Gasteiger partial charge in [0.2, 0.25) is 5.91 Å². The highest BCUT2D eigenvalue weighted by Gasteiger charge is 2.30. The first-order chi connectivity index (χ1) is 9.60. The van der Waals surface area contributed by atoms with Crippen LogP contribution < -0.4 is 5.32 Å². The van der Waals surface area contributed by atoms with Gasteiger partial charge in [-0.1, -0.05) is 26.7 Å². The van der Waals surface area contributed by atoms with E-state index in [1.165, 1.54) is 0 Å². The zero-order chi connectivity index (χ0) is 15.0. The highest BCUT2D eigenvalue weighted by molar-refractivity contribution is 5.85. The minimum atomic E-state index is -0.755. The van der Waals surface area contributed by atoms with E-state index in [9.17, 15) is 9.59 Å². The topological polar surface area (TPSA) is 69.6 Å². The van der Waals surface area contributed by atoms with Crippen molar-refractivity contribution in [3.8, 4) is 0 Å². The van der Waals surface area contributed by atoms with E-state index < -0.39 is 12.0 Å². The lowest BCUT2D eigenvalue weighted by Gasteiger charge is -2.34. The molecule has 0 aromatic carbocycles. The van der Waals surface area contributed by atoms with Gasteiger partial charge in [0.15, 0.2) is 0 Å². The molecule has 2 N–H and O–H groups in total. The summed E-state index contributed by atoms with van der Waals surface area (Å²) in [6.45, 7) is 6.21. The molecule has 1 unspecified atom stereocenters. The van der Waals surface area contributed by atoms with Gasteiger partial charge in [0, 0.05) is 12.5 Å². The third-order valence-corrected chi connectivity index (χ3v) is 4.09. The molecule has 124 valence electrons. The van der Waals surface area contributed by atoms with Crippen LogP contribution in [0.25, 0.3) is 0 Å². The molecule has 1 aliphatic rings. The molecule has 0 saturated carbocycles. The SMILES string of the molecule is CCCCCNC(=O)C1CCN(C(CC)C(=O)O)CC1.Cl. The zero-order valence-corrected chi connectivity index (χ0v) is 14.0. The van der Waals surface area contributed by atoms with Crippen LogP contribution in [0.15, 0.2) is 0 Å². The number of nitrogens with zero attached hydrogens (tertiary/aromatic N) is 1. The van der Waals surface area contributed by atoms with Crippen molar-refractivity contribution in [1.82, 2.24) is 10.2 Å². The Balaban J connectivity index is 0.00000400. The molecule has 21 heavy (non-hydrogen) atoms. The molecular formula is C15H29ClN2O3. The number of hydrogen-bond acceptors (Lipinski definition) is 3. The van der Waals surface area contributed by atoms with Crippen molar-refractivity contribution in [3.63, 3.8) is 0 Å². The normalized spacial score (nSPS) is 17.8. The number of carboxylic acids is 1. The molecule has 5 nitrogen and oxygen atoms in total. The van der Waals surface area contributed by atoms with Crippen LogP contribution in [0.4, 0.5) is 0 Å². The predicted molar refractivity (Wildman–Crippen MR) is 85.8 cm³/mol. The zero-order valence-electron chi connectivity index (χ0n) is 13.1. The third kappa shape index (κ3) is 6.66. The van der Waals surface area contributed by atoms with Gasteiger partial charge in [-0.05, 0) is 38.8 Å². The highest BCUT2D eigenvalue weighted by Crippen LogP contribution is 2.20. The molecule has 1 atom stereocenters. The monoisotopic (exact) mass is 320 g/mol. The number of likely N-dealkylation sites (tertiary alicyclic amines) is 1. The number of rotatable bonds is 8. The van der Waals surface area contributed by atoms with Crippen LogP contribution in [-0.4, -0.2) is 47.6 Å². The summed E-state index contributed by atoms with van der Waals surface area (Å²) in [7, 11) is 0. The lowest BCUT2D eigenvalue weighted by Crippen LogP contribution is -2.47. The number of aliphatic carboxylic acids is 1. The van der Waals surface area contributed by atoms with Crippen molar-refractivity contribution >= 4 is 24.3 Å². The maximum atomic E-state index is 12.0. The third-order valence-electron chi connectivity index (χ3n) is 4.09. The van der Waals surface area contributed by atoms with E-state index in [1.54, 1.807) is 0 Å². The maximum Gasteiger partial charge on any atom is 0.320 e. The van der Waals surface area contributed by atoms with E-state index in [1.807, 2.05) is 11.8 Å². The lowest BCUT2D eigenvalue weighted by molar-refractivity contribution is -0.144. The number of unbranched alkanes of at least 4 members (excludes halogenated alkanes) is 2. The number of carbonyl (C=O) groups is 2. The van der Waals surface area contributed by atoms with Crippen LogP contribution in [0.3, 0.4) is 0 Å². The van der Waals surface area contributed by atoms with E-state index in [0.29, 0.717) is 19.5 Å². The first kappa shape index (κ1) is 20.2. The van der Waals surface area contributed by atoms with Gasteiger partial charge in [-0.2, -0.15) is 0 Å². The summed E-state index contributed by atoms with van der Waals surface area (Å²) in [6.07, 6.45) is 5.49. The summed E-state index contributed by atoms with van der Waals surface area (Å²) >= 11 is 0. The Hall–Kier alpha value is -0.810. The van der Waals surface area contributed by atoms with Crippen LogP contribution in [0.2, 0.25) is 0 Å². The number of piperidine rings is 1. The molecule has 1 fully saturated rings. The second kappa shape index (κ2) is 10.9. The van der Waals surface area contributed by atoms with Crippen LogP contribution in [-0.2, 0) is 9.59 Å². The Kier molecular flexibility index (Phi) is 10.4. The van der Waals surface area contributed by atoms with Crippen LogP contribution in [0.5, 0.6) is 0 Å². The van der Waals surface area contributed by atoms with Gasteiger partial charge in [-0.25, -0.2) is 0 Å². The molecule has 0 spiro atoms. The van der Waals surface area contributed by atoms with Gasteiger partial charge in [0.1, 0.15) is 6.04 Å². The lowest BCUT2D eigenvalue weighted by atomic mass is 9.94. The molecule has 0 aliphatic carbocycles. The Morgan fingerprint density at radius 1 is 1.24 bits per heavy atom. The molecule has 0 aromatic rings. The van der Waals surface area contributed by atoms with E-state index in [-0.39, 0.29) is 24.2 Å². The molecule has 1 rings (SSSR count). The highest BCUT2D eigenvalue weighted by atomic mass is 35.5. The average molecular weight is 321 g/mol. The Morgan fingerprint density at radius 3 is 2.33 bits per heavy atom. The van der Waals surface area contributed by atoms with E-state index in [2.05, 4.69) is 12.2 Å². The molecule has 0 bridgehead atoms. The van der Waals surface area contributed by atoms with Crippen molar-refractivity contribution in [1.29, 1.82) is 0 Å². The predicted octanol–water partition coefficient (Wildman–Crippen LogP) is 2.29. The largest absolute Gasteiger partial charge is 0.480 e. The maximum absolute atomic E-state index is 12.0. The molecule has 0 aromatic heterocycles. The summed E-state index contributed by atoms with van der Waals surface area (Å²) < 4.78 is 0. The molecular weight excluding hydrogens is 292 g/mol. The van der Waals surface area contributed by atoms with Gasteiger partial charge < -0.3 is 10.4 Å². The summed E-state index contributed by atoms with van der Waals surface area (Å²) in [5, 5.41) is 12.1. The number of carboxylic acid groups (broad SMARTS) is 1. The molecule has 1 heterocycles. The number of amides is 1. The van der Waals surface area contributed by atoms with Crippen molar-refractivity contribution in [2.45, 2.75) is 58.4 Å². The van der Waals surface area contributed by atoms with Gasteiger partial charge in [0.25, 0.3) is 0 Å². The van der Waals surface area contributed by atoms with Gasteiger partial charge in [-0.15, -0.1) is 12.4 Å². The fourth-order valence-electron chi connectivity index (χ4n) is 2.79. The number of nitrogens with one attached hydrogen (secondary N) is 1. The summed E-state index contributed by atoms with van der Waals surface area (Å²) in [4.78, 5) is 25.1. The van der Waals surface area contributed by atoms with Crippen LogP contribution >= 0.6 is 12.4 Å². The van der Waals surface area contributed by atoms with Crippen molar-refractivity contribution < 1.29 is 14.7 Å². The second-order valence-corrected chi connectivity index (χ2v) is 5.57. The Morgan fingerprint density at radius 2 is 1.86 bits per heavy atom. The first-order valence-electron chi connectivity index (χ1n) is 7.84. The summed E-state index contributed by atoms with van der Waals surface area (Å²) in [5.74, 6) is -0.557. The van der Waals surface area contributed by atoms with E-state index in [0.717, 1.165) is 38.6 Å². The molecule has 6 heteroatoms. The summed E-state index contributed by atoms with van der Waals surface area (Å²) in [5.41, 5.74) is 0. The smallest absolute Gasteiger partial charge is 0.320 e. The second-order valence-electron chi connectivity index (χ2n) is 5.57. The molecule has 1 saturated heterocycles. The minimum Gasteiger partial charge on any atom is -0.480 e. The fraction of sp³-hybridized carbons (Fsp3) is 0.867. The Bertz CT molecular complexity index is 318. The summed E-state index contributed by atoms with van der Waals surface area (Å²) in [6, 6.07) is -0.399. The van der Waals surface area contributed by atoms with Gasteiger partial charge in [0.05, 0.1) is 0 Å². The van der Waals surface area contributed by atoms with Gasteiger partial charge >= 0.3 is 5.97 Å². The van der Waals surface area contributed by atoms with E-state index >= 15 is 0 Å². The van der Waals surface area contributed by atoms with Crippen molar-refractivity contribution in [2.75, 3.05) is 19.6 Å². The van der Waals surface area contributed by atoms with E-state index in [4.69, 9.17) is 5.11 Å². The van der Waals surface area contributed by atoms with Crippen LogP contribution in [0, 0.1) is 5.92 Å². The molecule has 1 aliphatic heterocycles. The fourth-order valence-corrected chi connectivity index (χ4v) is 2.79. The quantitative estimate of drug-likeness (QED) is 0.673. The van der Waals surface area contributed by atoms with Crippen molar-refractivity contribution in [2.24, 2.45) is 5.92 Å². The van der Waals surface area contributed by atoms with Crippen molar-refractivity contribution in [3.05, 3.63) is 0 Å². The Labute approximate surface area is 133 Å². The molecule has 1 amide bonds. The average Bonchev–Trinajstić information content (AvgIpc) is 2.44. The minimum absolute atomic E-state index is 0. The standard InChI is InChI=1S/C15H28N2O3.ClH/c1-3-5-6-9-16-14(18)12-7-10-17(11-8-12)13(4-2)15(19)20;/h12-13H,3-11H2,1-2H3,(H,16,18)(H,19,20);1H. The first-order valence-corrected chi connectivity index (χ1v) is 7.84.